The molecule has 1 N–H and O–H groups in total. The SMILES string of the molecule is CNCC1CCN(c2cccc3ccc(C)nc23)C1. The van der Waals surface area contributed by atoms with Crippen molar-refractivity contribution in [1.29, 1.82) is 0 Å². The molecule has 3 rings (SSSR count). The van der Waals surface area contributed by atoms with Crippen LogP contribution in [0.4, 0.5) is 5.69 Å². The van der Waals surface area contributed by atoms with E-state index >= 15 is 0 Å². The van der Waals surface area contributed by atoms with Gasteiger partial charge in [-0.3, -0.25) is 4.98 Å². The summed E-state index contributed by atoms with van der Waals surface area (Å²) in [5, 5.41) is 4.52. The highest BCUT2D eigenvalue weighted by Crippen LogP contribution is 2.29. The van der Waals surface area contributed by atoms with E-state index in [9.17, 15) is 0 Å². The van der Waals surface area contributed by atoms with Gasteiger partial charge in [0, 0.05) is 24.2 Å². The van der Waals surface area contributed by atoms with Crippen molar-refractivity contribution in [3.63, 3.8) is 0 Å². The Morgan fingerprint density at radius 2 is 2.21 bits per heavy atom. The molecule has 0 spiro atoms. The van der Waals surface area contributed by atoms with Gasteiger partial charge in [0.2, 0.25) is 0 Å². The van der Waals surface area contributed by atoms with Crippen LogP contribution < -0.4 is 10.2 Å². The van der Waals surface area contributed by atoms with Gasteiger partial charge in [-0.25, -0.2) is 0 Å². The number of anilines is 1. The summed E-state index contributed by atoms with van der Waals surface area (Å²) in [5.74, 6) is 0.755. The summed E-state index contributed by atoms with van der Waals surface area (Å²) in [7, 11) is 2.03. The Hall–Kier alpha value is -1.61. The lowest BCUT2D eigenvalue weighted by molar-refractivity contribution is 0.549. The molecule has 1 aromatic heterocycles. The maximum Gasteiger partial charge on any atom is 0.0938 e. The molecule has 1 saturated heterocycles. The summed E-state index contributed by atoms with van der Waals surface area (Å²) >= 11 is 0. The number of nitrogens with one attached hydrogen (secondary N) is 1. The van der Waals surface area contributed by atoms with Crippen LogP contribution in [0.15, 0.2) is 30.3 Å². The van der Waals surface area contributed by atoms with Crippen molar-refractivity contribution in [2.24, 2.45) is 5.92 Å². The standard InChI is InChI=1S/C16H21N3/c1-12-6-7-14-4-3-5-15(16(14)18-12)19-9-8-13(11-19)10-17-2/h3-7,13,17H,8-11H2,1-2H3. The molecule has 0 bridgehead atoms. The zero-order valence-corrected chi connectivity index (χ0v) is 11.7. The normalized spacial score (nSPS) is 19.3. The van der Waals surface area contributed by atoms with Crippen molar-refractivity contribution in [1.82, 2.24) is 10.3 Å². The molecular weight excluding hydrogens is 234 g/mol. The highest BCUT2D eigenvalue weighted by molar-refractivity contribution is 5.91. The fourth-order valence-corrected chi connectivity index (χ4v) is 2.99. The van der Waals surface area contributed by atoms with Crippen LogP contribution in [0.5, 0.6) is 0 Å². The molecule has 0 radical (unpaired) electrons. The van der Waals surface area contributed by atoms with Crippen molar-refractivity contribution in [3.8, 4) is 0 Å². The van der Waals surface area contributed by atoms with Crippen molar-refractivity contribution in [2.45, 2.75) is 13.3 Å². The monoisotopic (exact) mass is 255 g/mol. The molecule has 1 aliphatic heterocycles. The van der Waals surface area contributed by atoms with Crippen LogP contribution in [0.25, 0.3) is 10.9 Å². The third kappa shape index (κ3) is 2.43. The molecule has 1 aliphatic rings. The van der Waals surface area contributed by atoms with Crippen LogP contribution in [-0.2, 0) is 0 Å². The van der Waals surface area contributed by atoms with Gasteiger partial charge in [-0.1, -0.05) is 18.2 Å². The Balaban J connectivity index is 1.95. The summed E-state index contributed by atoms with van der Waals surface area (Å²) in [6.45, 7) is 5.44. The lowest BCUT2D eigenvalue weighted by Gasteiger charge is -2.20. The number of benzene rings is 1. The molecule has 19 heavy (non-hydrogen) atoms. The molecule has 1 unspecified atom stereocenters. The Labute approximate surface area is 114 Å². The van der Waals surface area contributed by atoms with E-state index in [-0.39, 0.29) is 0 Å². The lowest BCUT2D eigenvalue weighted by atomic mass is 10.1. The predicted molar refractivity (Wildman–Crippen MR) is 80.7 cm³/mol. The molecule has 2 aromatic rings. The third-order valence-electron chi connectivity index (χ3n) is 3.96. The van der Waals surface area contributed by atoms with Crippen molar-refractivity contribution >= 4 is 16.6 Å². The quantitative estimate of drug-likeness (QED) is 0.913. The van der Waals surface area contributed by atoms with Gasteiger partial charge in [-0.15, -0.1) is 0 Å². The zero-order valence-electron chi connectivity index (χ0n) is 11.7. The minimum atomic E-state index is 0.755. The van der Waals surface area contributed by atoms with E-state index < -0.39 is 0 Å². The fourth-order valence-electron chi connectivity index (χ4n) is 2.99. The van der Waals surface area contributed by atoms with Gasteiger partial charge < -0.3 is 10.2 Å². The number of nitrogens with zero attached hydrogens (tertiary/aromatic N) is 2. The molecule has 2 heterocycles. The van der Waals surface area contributed by atoms with E-state index in [1.54, 1.807) is 0 Å². The first-order valence-corrected chi connectivity index (χ1v) is 7.04. The molecule has 1 aromatic carbocycles. The van der Waals surface area contributed by atoms with E-state index in [0.29, 0.717) is 0 Å². The van der Waals surface area contributed by atoms with E-state index in [2.05, 4.69) is 47.5 Å². The van der Waals surface area contributed by atoms with Gasteiger partial charge in [0.05, 0.1) is 11.2 Å². The van der Waals surface area contributed by atoms with Crippen LogP contribution >= 0.6 is 0 Å². The number of rotatable bonds is 3. The number of pyridine rings is 1. The van der Waals surface area contributed by atoms with Gasteiger partial charge in [0.1, 0.15) is 0 Å². The first kappa shape index (κ1) is 12.4. The summed E-state index contributed by atoms with van der Waals surface area (Å²) < 4.78 is 0. The smallest absolute Gasteiger partial charge is 0.0938 e. The Morgan fingerprint density at radius 3 is 3.05 bits per heavy atom. The third-order valence-corrected chi connectivity index (χ3v) is 3.96. The number of hydrogen-bond donors (Lipinski definition) is 1. The summed E-state index contributed by atoms with van der Waals surface area (Å²) in [4.78, 5) is 7.22. The largest absolute Gasteiger partial charge is 0.369 e. The topological polar surface area (TPSA) is 28.2 Å². The fraction of sp³-hybridized carbons (Fsp3) is 0.438. The Bertz CT molecular complexity index is 579. The molecule has 1 fully saturated rings. The average molecular weight is 255 g/mol. The minimum absolute atomic E-state index is 0.755. The molecule has 0 aliphatic carbocycles. The predicted octanol–water partition coefficient (Wildman–Crippen LogP) is 2.59. The van der Waals surface area contributed by atoms with E-state index in [1.807, 2.05) is 7.05 Å². The number of para-hydroxylation sites is 1. The minimum Gasteiger partial charge on any atom is -0.369 e. The highest BCUT2D eigenvalue weighted by atomic mass is 15.2. The van der Waals surface area contributed by atoms with Gasteiger partial charge in [0.15, 0.2) is 0 Å². The van der Waals surface area contributed by atoms with Crippen LogP contribution in [0.3, 0.4) is 0 Å². The van der Waals surface area contributed by atoms with Crippen LogP contribution in [0.1, 0.15) is 12.1 Å². The number of fused-ring (bicyclic) bond motifs is 1. The molecular formula is C16H21N3. The molecule has 3 heteroatoms. The number of aryl methyl sites for hydroxylation is 1. The second kappa shape index (κ2) is 5.17. The Morgan fingerprint density at radius 1 is 1.32 bits per heavy atom. The van der Waals surface area contributed by atoms with Crippen molar-refractivity contribution in [3.05, 3.63) is 36.0 Å². The van der Waals surface area contributed by atoms with Crippen LogP contribution in [-0.4, -0.2) is 31.7 Å². The summed E-state index contributed by atoms with van der Waals surface area (Å²) in [6, 6.07) is 10.7. The van der Waals surface area contributed by atoms with E-state index in [4.69, 9.17) is 4.98 Å². The van der Waals surface area contributed by atoms with Gasteiger partial charge in [-0.05, 0) is 45.0 Å². The van der Waals surface area contributed by atoms with Gasteiger partial charge in [0.25, 0.3) is 0 Å². The maximum atomic E-state index is 4.73. The van der Waals surface area contributed by atoms with Crippen molar-refractivity contribution in [2.75, 3.05) is 31.6 Å². The second-order valence-corrected chi connectivity index (χ2v) is 5.46. The molecule has 0 saturated carbocycles. The molecule has 1 atom stereocenters. The van der Waals surface area contributed by atoms with E-state index in [1.165, 1.54) is 17.5 Å². The first-order chi connectivity index (χ1) is 9.28. The number of aromatic nitrogens is 1. The average Bonchev–Trinajstić information content (AvgIpc) is 2.87. The Kier molecular flexibility index (Phi) is 3.38. The van der Waals surface area contributed by atoms with Gasteiger partial charge in [-0.2, -0.15) is 0 Å². The van der Waals surface area contributed by atoms with E-state index in [0.717, 1.165) is 36.8 Å². The molecule has 100 valence electrons. The van der Waals surface area contributed by atoms with Crippen molar-refractivity contribution < 1.29 is 0 Å². The number of hydrogen-bond acceptors (Lipinski definition) is 3. The first-order valence-electron chi connectivity index (χ1n) is 7.04. The second-order valence-electron chi connectivity index (χ2n) is 5.46. The highest BCUT2D eigenvalue weighted by Gasteiger charge is 2.23. The summed E-state index contributed by atoms with van der Waals surface area (Å²) in [6.07, 6.45) is 1.27. The molecule has 0 amide bonds. The zero-order chi connectivity index (χ0) is 13.2. The van der Waals surface area contributed by atoms with Gasteiger partial charge >= 0.3 is 0 Å². The van der Waals surface area contributed by atoms with Crippen LogP contribution in [0, 0.1) is 12.8 Å². The molecule has 3 nitrogen and oxygen atoms in total. The van der Waals surface area contributed by atoms with Crippen LogP contribution in [0.2, 0.25) is 0 Å². The summed E-state index contributed by atoms with van der Waals surface area (Å²) in [5.41, 5.74) is 3.53. The maximum absolute atomic E-state index is 4.73. The lowest BCUT2D eigenvalue weighted by Crippen LogP contribution is -2.24.